The summed E-state index contributed by atoms with van der Waals surface area (Å²) in [6.45, 7) is 5.22. The average molecular weight is 281 g/mol. The number of aryl methyl sites for hydroxylation is 1. The number of benzene rings is 2. The smallest absolute Gasteiger partial charge is 0.0809 e. The van der Waals surface area contributed by atoms with E-state index in [1.165, 1.54) is 16.8 Å². The second-order valence-electron chi connectivity index (χ2n) is 6.04. The van der Waals surface area contributed by atoms with E-state index < -0.39 is 0 Å². The monoisotopic (exact) mass is 281 g/mol. The van der Waals surface area contributed by atoms with Gasteiger partial charge in [0.05, 0.1) is 6.10 Å². The number of nitrogens with zero attached hydrogens (tertiary/aromatic N) is 1. The van der Waals surface area contributed by atoms with Gasteiger partial charge in [-0.25, -0.2) is 0 Å². The van der Waals surface area contributed by atoms with Crippen LogP contribution >= 0.6 is 0 Å². The maximum Gasteiger partial charge on any atom is 0.0809 e. The molecule has 0 spiro atoms. The Balaban J connectivity index is 1.69. The Bertz CT molecular complexity index is 622. The van der Waals surface area contributed by atoms with Crippen molar-refractivity contribution >= 4 is 5.69 Å². The van der Waals surface area contributed by atoms with E-state index in [9.17, 15) is 5.11 Å². The zero-order chi connectivity index (χ0) is 14.8. The molecule has 0 radical (unpaired) electrons. The molecule has 1 aliphatic rings. The van der Waals surface area contributed by atoms with Crippen molar-refractivity contribution in [1.29, 1.82) is 0 Å². The summed E-state index contributed by atoms with van der Waals surface area (Å²) in [7, 11) is 0. The summed E-state index contributed by atoms with van der Waals surface area (Å²) in [6, 6.07) is 17.2. The van der Waals surface area contributed by atoms with E-state index in [0.717, 1.165) is 24.9 Å². The molecular formula is C19H23NO. The predicted octanol–water partition coefficient (Wildman–Crippen LogP) is 3.87. The number of aliphatic hydroxyl groups excluding tert-OH is 1. The highest BCUT2D eigenvalue weighted by Gasteiger charge is 2.25. The minimum atomic E-state index is -0.383. The SMILES string of the molecule is Cc1ccccc1C(O)CCN1c2ccccc2CC1C. The minimum Gasteiger partial charge on any atom is -0.388 e. The van der Waals surface area contributed by atoms with Crippen LogP contribution in [0.1, 0.15) is 36.1 Å². The van der Waals surface area contributed by atoms with Crippen LogP contribution in [0.2, 0.25) is 0 Å². The number of hydrogen-bond acceptors (Lipinski definition) is 2. The van der Waals surface area contributed by atoms with Crippen LogP contribution in [0.5, 0.6) is 0 Å². The molecule has 21 heavy (non-hydrogen) atoms. The van der Waals surface area contributed by atoms with E-state index in [4.69, 9.17) is 0 Å². The van der Waals surface area contributed by atoms with Crippen molar-refractivity contribution in [2.75, 3.05) is 11.4 Å². The molecule has 2 aromatic carbocycles. The Hall–Kier alpha value is -1.80. The summed E-state index contributed by atoms with van der Waals surface area (Å²) in [5.74, 6) is 0. The summed E-state index contributed by atoms with van der Waals surface area (Å²) in [5, 5.41) is 10.5. The first kappa shape index (κ1) is 14.2. The first-order valence-electron chi connectivity index (χ1n) is 7.75. The Morgan fingerprint density at radius 1 is 1.14 bits per heavy atom. The fraction of sp³-hybridized carbons (Fsp3) is 0.368. The lowest BCUT2D eigenvalue weighted by Gasteiger charge is -2.26. The van der Waals surface area contributed by atoms with Gasteiger partial charge in [0.2, 0.25) is 0 Å². The molecule has 2 unspecified atom stereocenters. The zero-order valence-corrected chi connectivity index (χ0v) is 12.8. The van der Waals surface area contributed by atoms with E-state index in [-0.39, 0.29) is 6.10 Å². The summed E-state index contributed by atoms with van der Waals surface area (Å²) in [6.07, 6.45) is 1.49. The van der Waals surface area contributed by atoms with Gasteiger partial charge in [-0.15, -0.1) is 0 Å². The van der Waals surface area contributed by atoms with Crippen LogP contribution in [0.4, 0.5) is 5.69 Å². The highest BCUT2D eigenvalue weighted by molar-refractivity contribution is 5.59. The zero-order valence-electron chi connectivity index (χ0n) is 12.8. The van der Waals surface area contributed by atoms with E-state index in [0.29, 0.717) is 6.04 Å². The van der Waals surface area contributed by atoms with Gasteiger partial charge in [0.15, 0.2) is 0 Å². The number of rotatable bonds is 4. The van der Waals surface area contributed by atoms with Gasteiger partial charge in [-0.05, 0) is 49.4 Å². The number of hydrogen-bond donors (Lipinski definition) is 1. The van der Waals surface area contributed by atoms with Crippen molar-refractivity contribution < 1.29 is 5.11 Å². The van der Waals surface area contributed by atoms with Gasteiger partial charge in [-0.3, -0.25) is 0 Å². The van der Waals surface area contributed by atoms with Gasteiger partial charge >= 0.3 is 0 Å². The topological polar surface area (TPSA) is 23.5 Å². The van der Waals surface area contributed by atoms with Crippen LogP contribution in [-0.4, -0.2) is 17.7 Å². The van der Waals surface area contributed by atoms with E-state index in [1.807, 2.05) is 18.2 Å². The number of para-hydroxylation sites is 1. The van der Waals surface area contributed by atoms with Crippen LogP contribution < -0.4 is 4.90 Å². The molecule has 0 aliphatic carbocycles. The fourth-order valence-electron chi connectivity index (χ4n) is 3.35. The molecule has 0 amide bonds. The lowest BCUT2D eigenvalue weighted by atomic mass is 10.0. The van der Waals surface area contributed by atoms with Crippen LogP contribution in [0.25, 0.3) is 0 Å². The van der Waals surface area contributed by atoms with Crippen molar-refractivity contribution in [3.8, 4) is 0 Å². The highest BCUT2D eigenvalue weighted by atomic mass is 16.3. The molecule has 0 saturated carbocycles. The molecule has 1 heterocycles. The molecule has 110 valence electrons. The maximum absolute atomic E-state index is 10.5. The summed E-state index contributed by atoms with van der Waals surface area (Å²) >= 11 is 0. The Morgan fingerprint density at radius 2 is 1.86 bits per heavy atom. The van der Waals surface area contributed by atoms with Gasteiger partial charge in [0.25, 0.3) is 0 Å². The second-order valence-corrected chi connectivity index (χ2v) is 6.04. The van der Waals surface area contributed by atoms with Crippen molar-refractivity contribution in [1.82, 2.24) is 0 Å². The van der Waals surface area contributed by atoms with Crippen LogP contribution in [0.15, 0.2) is 48.5 Å². The highest BCUT2D eigenvalue weighted by Crippen LogP contribution is 2.32. The fourth-order valence-corrected chi connectivity index (χ4v) is 3.35. The van der Waals surface area contributed by atoms with Crippen molar-refractivity contribution in [2.45, 2.75) is 38.8 Å². The van der Waals surface area contributed by atoms with Crippen LogP contribution in [0.3, 0.4) is 0 Å². The average Bonchev–Trinajstić information content (AvgIpc) is 2.81. The Morgan fingerprint density at radius 3 is 2.67 bits per heavy atom. The third-order valence-corrected chi connectivity index (χ3v) is 4.54. The minimum absolute atomic E-state index is 0.383. The molecule has 1 aliphatic heterocycles. The molecule has 2 heteroatoms. The quantitative estimate of drug-likeness (QED) is 0.919. The second kappa shape index (κ2) is 5.90. The summed E-state index contributed by atoms with van der Waals surface area (Å²) in [4.78, 5) is 2.43. The molecule has 0 fully saturated rings. The van der Waals surface area contributed by atoms with Crippen molar-refractivity contribution in [3.05, 3.63) is 65.2 Å². The lowest BCUT2D eigenvalue weighted by Crippen LogP contribution is -2.31. The van der Waals surface area contributed by atoms with Crippen LogP contribution in [-0.2, 0) is 6.42 Å². The molecule has 0 saturated heterocycles. The van der Waals surface area contributed by atoms with Gasteiger partial charge in [-0.1, -0.05) is 42.5 Å². The lowest BCUT2D eigenvalue weighted by molar-refractivity contribution is 0.168. The summed E-state index contributed by atoms with van der Waals surface area (Å²) < 4.78 is 0. The largest absolute Gasteiger partial charge is 0.388 e. The standard InChI is InChI=1S/C19H23NO/c1-14-7-3-5-9-17(14)19(21)11-12-20-15(2)13-16-8-4-6-10-18(16)20/h3-10,15,19,21H,11-13H2,1-2H3. The summed E-state index contributed by atoms with van der Waals surface area (Å²) in [5.41, 5.74) is 4.98. The van der Waals surface area contributed by atoms with Crippen LogP contribution in [0, 0.1) is 6.92 Å². The Labute approximate surface area is 127 Å². The molecule has 0 bridgehead atoms. The first-order valence-corrected chi connectivity index (χ1v) is 7.75. The molecule has 2 aromatic rings. The number of fused-ring (bicyclic) bond motifs is 1. The van der Waals surface area contributed by atoms with Gasteiger partial charge in [-0.2, -0.15) is 0 Å². The van der Waals surface area contributed by atoms with E-state index in [1.54, 1.807) is 0 Å². The molecule has 1 N–H and O–H groups in total. The molecule has 2 nitrogen and oxygen atoms in total. The van der Waals surface area contributed by atoms with Gasteiger partial charge < -0.3 is 10.0 Å². The molecular weight excluding hydrogens is 258 g/mol. The molecule has 0 aromatic heterocycles. The van der Waals surface area contributed by atoms with Crippen molar-refractivity contribution in [2.24, 2.45) is 0 Å². The van der Waals surface area contributed by atoms with Crippen molar-refractivity contribution in [3.63, 3.8) is 0 Å². The van der Waals surface area contributed by atoms with E-state index in [2.05, 4.69) is 49.1 Å². The predicted molar refractivity (Wildman–Crippen MR) is 87.7 cm³/mol. The van der Waals surface area contributed by atoms with Gasteiger partial charge in [0, 0.05) is 18.3 Å². The van der Waals surface area contributed by atoms with E-state index >= 15 is 0 Å². The third-order valence-electron chi connectivity index (χ3n) is 4.54. The molecule has 2 atom stereocenters. The number of anilines is 1. The Kier molecular flexibility index (Phi) is 3.98. The van der Waals surface area contributed by atoms with Gasteiger partial charge in [0.1, 0.15) is 0 Å². The maximum atomic E-state index is 10.5. The third kappa shape index (κ3) is 2.81. The number of aliphatic hydroxyl groups is 1. The normalized spacial score (nSPS) is 18.6. The first-order chi connectivity index (χ1) is 10.2. The molecule has 3 rings (SSSR count).